The Kier molecular flexibility index (Phi) is 5.43. The fourth-order valence-corrected chi connectivity index (χ4v) is 2.82. The highest BCUT2D eigenvalue weighted by molar-refractivity contribution is 5.86. The van der Waals surface area contributed by atoms with E-state index in [2.05, 4.69) is 100 Å². The normalized spacial score (nSPS) is 14.0. The summed E-state index contributed by atoms with van der Waals surface area (Å²) in [4.78, 5) is 2.46. The molecule has 0 N–H and O–H groups in total. The molecule has 0 saturated carbocycles. The van der Waals surface area contributed by atoms with Gasteiger partial charge in [0.25, 0.3) is 0 Å². The maximum atomic E-state index is 2.46. The summed E-state index contributed by atoms with van der Waals surface area (Å²) in [6, 6.07) is 16.1. The standard InChI is InChI=1S/C21H27N/c1-6-17(4)11-12-18(5)22(16(2)3)21-14-13-19-9-7-8-10-20(19)15-21/h6-16,18H,1-5H3/b12-11-,17-6-. The summed E-state index contributed by atoms with van der Waals surface area (Å²) in [6.07, 6.45) is 6.63. The van der Waals surface area contributed by atoms with Gasteiger partial charge in [0.05, 0.1) is 0 Å². The van der Waals surface area contributed by atoms with Crippen LogP contribution < -0.4 is 4.90 Å². The number of nitrogens with zero attached hydrogens (tertiary/aromatic N) is 1. The smallest absolute Gasteiger partial charge is 0.0450 e. The number of fused-ring (bicyclic) bond motifs is 1. The van der Waals surface area contributed by atoms with E-state index in [1.54, 1.807) is 0 Å². The molecule has 1 unspecified atom stereocenters. The molecule has 0 radical (unpaired) electrons. The van der Waals surface area contributed by atoms with Gasteiger partial charge in [-0.05, 0) is 57.5 Å². The topological polar surface area (TPSA) is 3.24 Å². The lowest BCUT2D eigenvalue weighted by atomic mass is 10.1. The van der Waals surface area contributed by atoms with Gasteiger partial charge < -0.3 is 4.90 Å². The van der Waals surface area contributed by atoms with Crippen LogP contribution in [0.1, 0.15) is 34.6 Å². The van der Waals surface area contributed by atoms with Crippen LogP contribution in [0.25, 0.3) is 10.8 Å². The Morgan fingerprint density at radius 3 is 2.32 bits per heavy atom. The van der Waals surface area contributed by atoms with Crippen LogP contribution in [0, 0.1) is 0 Å². The monoisotopic (exact) mass is 293 g/mol. The molecule has 0 heterocycles. The SMILES string of the molecule is C/C=C(C)\C=C/C(C)N(c1ccc2ccccc2c1)C(C)C. The zero-order chi connectivity index (χ0) is 16.1. The summed E-state index contributed by atoms with van der Waals surface area (Å²) in [5.41, 5.74) is 2.58. The second-order valence-corrected chi connectivity index (χ2v) is 6.16. The predicted molar refractivity (Wildman–Crippen MR) is 99.6 cm³/mol. The van der Waals surface area contributed by atoms with E-state index in [9.17, 15) is 0 Å². The van der Waals surface area contributed by atoms with E-state index >= 15 is 0 Å². The van der Waals surface area contributed by atoms with Gasteiger partial charge in [-0.2, -0.15) is 0 Å². The van der Waals surface area contributed by atoms with E-state index in [0.29, 0.717) is 12.1 Å². The van der Waals surface area contributed by atoms with Crippen LogP contribution in [-0.4, -0.2) is 12.1 Å². The second kappa shape index (κ2) is 7.31. The second-order valence-electron chi connectivity index (χ2n) is 6.16. The molecule has 0 aliphatic carbocycles. The van der Waals surface area contributed by atoms with Gasteiger partial charge in [-0.3, -0.25) is 0 Å². The molecule has 116 valence electrons. The lowest BCUT2D eigenvalue weighted by Gasteiger charge is -2.34. The van der Waals surface area contributed by atoms with Crippen LogP contribution in [0.4, 0.5) is 5.69 Å². The maximum Gasteiger partial charge on any atom is 0.0450 e. The molecular formula is C21H27N. The molecule has 2 aromatic carbocycles. The lowest BCUT2D eigenvalue weighted by Crippen LogP contribution is -2.37. The van der Waals surface area contributed by atoms with Crippen molar-refractivity contribution in [1.82, 2.24) is 0 Å². The maximum absolute atomic E-state index is 2.46. The Bertz CT molecular complexity index is 679. The summed E-state index contributed by atoms with van der Waals surface area (Å²) in [5, 5.41) is 2.59. The molecule has 1 atom stereocenters. The molecule has 0 spiro atoms. The van der Waals surface area contributed by atoms with Crippen LogP contribution >= 0.6 is 0 Å². The minimum absolute atomic E-state index is 0.357. The van der Waals surface area contributed by atoms with Crippen LogP contribution in [0.3, 0.4) is 0 Å². The minimum Gasteiger partial charge on any atom is -0.363 e. The summed E-state index contributed by atoms with van der Waals surface area (Å²) in [6.45, 7) is 11.0. The van der Waals surface area contributed by atoms with Crippen molar-refractivity contribution in [2.45, 2.75) is 46.7 Å². The Hall–Kier alpha value is -2.02. The Morgan fingerprint density at radius 1 is 1.00 bits per heavy atom. The molecule has 2 aromatic rings. The molecule has 0 bridgehead atoms. The fraction of sp³-hybridized carbons (Fsp3) is 0.333. The third kappa shape index (κ3) is 3.79. The Labute approximate surface area is 135 Å². The summed E-state index contributed by atoms with van der Waals surface area (Å²) in [7, 11) is 0. The highest BCUT2D eigenvalue weighted by atomic mass is 15.2. The van der Waals surface area contributed by atoms with Crippen molar-refractivity contribution < 1.29 is 0 Å². The van der Waals surface area contributed by atoms with Gasteiger partial charge in [-0.25, -0.2) is 0 Å². The molecular weight excluding hydrogens is 266 g/mol. The predicted octanol–water partition coefficient (Wildman–Crippen LogP) is 5.97. The van der Waals surface area contributed by atoms with Gasteiger partial charge in [-0.15, -0.1) is 0 Å². The molecule has 1 heteroatoms. The van der Waals surface area contributed by atoms with Crippen LogP contribution in [0.15, 0.2) is 66.3 Å². The van der Waals surface area contributed by atoms with Gasteiger partial charge in [-0.1, -0.05) is 54.1 Å². The first-order valence-corrected chi connectivity index (χ1v) is 8.11. The van der Waals surface area contributed by atoms with Crippen LogP contribution in [0.5, 0.6) is 0 Å². The van der Waals surface area contributed by atoms with Crippen molar-refractivity contribution >= 4 is 16.5 Å². The summed E-state index contributed by atoms with van der Waals surface area (Å²) in [5.74, 6) is 0. The van der Waals surface area contributed by atoms with Crippen molar-refractivity contribution in [2.24, 2.45) is 0 Å². The average Bonchev–Trinajstić information content (AvgIpc) is 2.52. The first-order chi connectivity index (χ1) is 10.5. The molecule has 2 rings (SSSR count). The molecule has 0 fully saturated rings. The minimum atomic E-state index is 0.357. The third-order valence-corrected chi connectivity index (χ3v) is 4.12. The van der Waals surface area contributed by atoms with Gasteiger partial charge in [0.1, 0.15) is 0 Å². The Morgan fingerprint density at radius 2 is 1.68 bits per heavy atom. The Balaban J connectivity index is 2.35. The van der Waals surface area contributed by atoms with E-state index in [4.69, 9.17) is 0 Å². The van der Waals surface area contributed by atoms with E-state index in [1.165, 1.54) is 22.0 Å². The van der Waals surface area contributed by atoms with Gasteiger partial charge in [0, 0.05) is 17.8 Å². The number of rotatable bonds is 5. The summed E-state index contributed by atoms with van der Waals surface area (Å²) >= 11 is 0. The van der Waals surface area contributed by atoms with Crippen LogP contribution in [0.2, 0.25) is 0 Å². The van der Waals surface area contributed by atoms with Crippen molar-refractivity contribution in [3.8, 4) is 0 Å². The lowest BCUT2D eigenvalue weighted by molar-refractivity contribution is 0.642. The molecule has 22 heavy (non-hydrogen) atoms. The van der Waals surface area contributed by atoms with E-state index in [-0.39, 0.29) is 0 Å². The molecule has 0 amide bonds. The van der Waals surface area contributed by atoms with Gasteiger partial charge in [0.2, 0.25) is 0 Å². The number of hydrogen-bond donors (Lipinski definition) is 0. The molecule has 0 aliphatic heterocycles. The zero-order valence-electron chi connectivity index (χ0n) is 14.4. The van der Waals surface area contributed by atoms with Crippen molar-refractivity contribution in [2.75, 3.05) is 4.90 Å². The van der Waals surface area contributed by atoms with E-state index in [1.807, 2.05) is 0 Å². The van der Waals surface area contributed by atoms with Crippen molar-refractivity contribution in [3.63, 3.8) is 0 Å². The average molecular weight is 293 g/mol. The van der Waals surface area contributed by atoms with E-state index in [0.717, 1.165) is 0 Å². The first-order valence-electron chi connectivity index (χ1n) is 8.11. The third-order valence-electron chi connectivity index (χ3n) is 4.12. The van der Waals surface area contributed by atoms with Gasteiger partial charge >= 0.3 is 0 Å². The van der Waals surface area contributed by atoms with Crippen LogP contribution in [-0.2, 0) is 0 Å². The molecule has 0 saturated heterocycles. The van der Waals surface area contributed by atoms with E-state index < -0.39 is 0 Å². The molecule has 0 aromatic heterocycles. The molecule has 1 nitrogen and oxygen atoms in total. The first kappa shape index (κ1) is 16.4. The fourth-order valence-electron chi connectivity index (χ4n) is 2.82. The highest BCUT2D eigenvalue weighted by Gasteiger charge is 2.15. The molecule has 0 aliphatic rings. The highest BCUT2D eigenvalue weighted by Crippen LogP contribution is 2.26. The number of hydrogen-bond acceptors (Lipinski definition) is 1. The van der Waals surface area contributed by atoms with Crippen molar-refractivity contribution in [3.05, 3.63) is 66.3 Å². The number of allylic oxidation sites excluding steroid dienone is 3. The number of benzene rings is 2. The zero-order valence-corrected chi connectivity index (χ0v) is 14.4. The summed E-state index contributed by atoms with van der Waals surface area (Å²) < 4.78 is 0. The number of anilines is 1. The van der Waals surface area contributed by atoms with Crippen molar-refractivity contribution in [1.29, 1.82) is 0 Å². The largest absolute Gasteiger partial charge is 0.363 e. The van der Waals surface area contributed by atoms with Gasteiger partial charge in [0.15, 0.2) is 0 Å². The quantitative estimate of drug-likeness (QED) is 0.614.